The molecule has 0 unspecified atom stereocenters. The van der Waals surface area contributed by atoms with Crippen LogP contribution in [0.5, 0.6) is 0 Å². The summed E-state index contributed by atoms with van der Waals surface area (Å²) < 4.78 is 4.71. The smallest absolute Gasteiger partial charge is 0.339 e. The molecule has 1 aliphatic heterocycles. The van der Waals surface area contributed by atoms with Crippen molar-refractivity contribution < 1.29 is 23.9 Å². The van der Waals surface area contributed by atoms with Gasteiger partial charge in [-0.25, -0.2) is 9.69 Å². The lowest BCUT2D eigenvalue weighted by Crippen LogP contribution is -2.33. The second kappa shape index (κ2) is 7.66. The fourth-order valence-corrected chi connectivity index (χ4v) is 2.93. The van der Waals surface area contributed by atoms with Crippen LogP contribution < -0.4 is 10.2 Å². The van der Waals surface area contributed by atoms with Gasteiger partial charge < -0.3 is 10.1 Å². The van der Waals surface area contributed by atoms with Crippen molar-refractivity contribution in [2.45, 2.75) is 6.92 Å². The zero-order valence-corrected chi connectivity index (χ0v) is 15.7. The molecule has 1 aliphatic rings. The molecule has 28 heavy (non-hydrogen) atoms. The van der Waals surface area contributed by atoms with E-state index in [-0.39, 0.29) is 27.8 Å². The van der Waals surface area contributed by atoms with Gasteiger partial charge in [-0.05, 0) is 43.3 Å². The van der Waals surface area contributed by atoms with Crippen molar-refractivity contribution in [3.63, 3.8) is 0 Å². The number of para-hydroxylation sites is 1. The summed E-state index contributed by atoms with van der Waals surface area (Å²) in [5.74, 6) is -2.25. The number of amides is 2. The van der Waals surface area contributed by atoms with Gasteiger partial charge in [-0.3, -0.25) is 14.4 Å². The van der Waals surface area contributed by atoms with E-state index in [9.17, 15) is 19.2 Å². The van der Waals surface area contributed by atoms with Gasteiger partial charge in [-0.2, -0.15) is 0 Å². The van der Waals surface area contributed by atoms with Gasteiger partial charge in [0.2, 0.25) is 0 Å². The predicted octanol–water partition coefficient (Wildman–Crippen LogP) is 3.11. The van der Waals surface area contributed by atoms with Crippen LogP contribution in [0.3, 0.4) is 0 Å². The largest absolute Gasteiger partial charge is 0.465 e. The molecule has 0 atom stereocenters. The highest BCUT2D eigenvalue weighted by atomic mass is 35.5. The van der Waals surface area contributed by atoms with Crippen LogP contribution in [0, 0.1) is 0 Å². The maximum absolute atomic E-state index is 12.9. The number of hydrogen-bond acceptors (Lipinski definition) is 6. The number of carbonyl (C=O) groups is 4. The number of Topliss-reactive ketones (excluding diaryl/α,β-unsaturated/α-hetero) is 1. The third kappa shape index (κ3) is 3.39. The Morgan fingerprint density at radius 3 is 2.25 bits per heavy atom. The molecule has 0 bridgehead atoms. The third-order valence-electron chi connectivity index (χ3n) is 4.14. The molecule has 0 spiro atoms. The maximum atomic E-state index is 12.9. The zero-order valence-electron chi connectivity index (χ0n) is 15.0. The first-order valence-electron chi connectivity index (χ1n) is 8.19. The number of hydrogen-bond donors (Lipinski definition) is 1. The number of carbonyl (C=O) groups excluding carboxylic acids is 4. The van der Waals surface area contributed by atoms with Crippen LogP contribution in [-0.4, -0.2) is 30.7 Å². The summed E-state index contributed by atoms with van der Waals surface area (Å²) >= 11 is 6.10. The molecule has 0 saturated heterocycles. The van der Waals surface area contributed by atoms with Crippen LogP contribution in [-0.2, 0) is 14.3 Å². The minimum atomic E-state index is -0.758. The van der Waals surface area contributed by atoms with Gasteiger partial charge in [-0.1, -0.05) is 23.7 Å². The summed E-state index contributed by atoms with van der Waals surface area (Å²) in [6, 6.07) is 12.4. The number of ether oxygens (including phenoxy) is 1. The quantitative estimate of drug-likeness (QED) is 0.472. The van der Waals surface area contributed by atoms with E-state index in [2.05, 4.69) is 5.32 Å². The summed E-state index contributed by atoms with van der Waals surface area (Å²) in [7, 11) is 1.20. The van der Waals surface area contributed by atoms with Crippen molar-refractivity contribution in [2.75, 3.05) is 17.3 Å². The van der Waals surface area contributed by atoms with Crippen LogP contribution in [0.25, 0.3) is 0 Å². The van der Waals surface area contributed by atoms with Crippen molar-refractivity contribution in [2.24, 2.45) is 0 Å². The summed E-state index contributed by atoms with van der Waals surface area (Å²) in [6.07, 6.45) is 0. The topological polar surface area (TPSA) is 92.8 Å². The number of halogens is 1. The Morgan fingerprint density at radius 2 is 1.64 bits per heavy atom. The average molecular weight is 399 g/mol. The van der Waals surface area contributed by atoms with E-state index in [0.717, 1.165) is 4.90 Å². The molecule has 0 aliphatic carbocycles. The monoisotopic (exact) mass is 398 g/mol. The minimum absolute atomic E-state index is 0.0585. The number of methoxy groups -OCH3 is 1. The number of nitrogens with one attached hydrogen (secondary N) is 1. The fraction of sp³-hybridized carbons (Fsp3) is 0.100. The molecule has 2 aromatic rings. The molecule has 1 heterocycles. The van der Waals surface area contributed by atoms with Gasteiger partial charge in [0.15, 0.2) is 5.78 Å². The Morgan fingerprint density at radius 1 is 1.00 bits per heavy atom. The van der Waals surface area contributed by atoms with Crippen LogP contribution in [0.15, 0.2) is 59.3 Å². The summed E-state index contributed by atoms with van der Waals surface area (Å²) in [4.78, 5) is 49.6. The van der Waals surface area contributed by atoms with Crippen molar-refractivity contribution in [1.82, 2.24) is 0 Å². The van der Waals surface area contributed by atoms with Gasteiger partial charge in [0.1, 0.15) is 10.7 Å². The van der Waals surface area contributed by atoms with Crippen molar-refractivity contribution in [1.29, 1.82) is 0 Å². The summed E-state index contributed by atoms with van der Waals surface area (Å²) in [5.41, 5.74) is 0.992. The lowest BCUT2D eigenvalue weighted by atomic mass is 10.1. The van der Waals surface area contributed by atoms with Gasteiger partial charge in [0, 0.05) is 11.3 Å². The molecule has 0 fully saturated rings. The molecule has 0 radical (unpaired) electrons. The van der Waals surface area contributed by atoms with Gasteiger partial charge >= 0.3 is 5.97 Å². The van der Waals surface area contributed by atoms with E-state index >= 15 is 0 Å². The van der Waals surface area contributed by atoms with Gasteiger partial charge in [-0.15, -0.1) is 0 Å². The lowest BCUT2D eigenvalue weighted by Gasteiger charge is -2.17. The average Bonchev–Trinajstić information content (AvgIpc) is 2.91. The molecule has 0 saturated carbocycles. The summed E-state index contributed by atoms with van der Waals surface area (Å²) in [6.45, 7) is 1.44. The highest BCUT2D eigenvalue weighted by Gasteiger charge is 2.40. The number of rotatable bonds is 5. The fourth-order valence-electron chi connectivity index (χ4n) is 2.71. The van der Waals surface area contributed by atoms with Crippen LogP contribution >= 0.6 is 11.6 Å². The molecule has 0 aromatic heterocycles. The number of ketones is 1. The Balaban J connectivity index is 1.93. The lowest BCUT2D eigenvalue weighted by molar-refractivity contribution is -0.120. The first-order valence-corrected chi connectivity index (χ1v) is 8.57. The molecule has 142 valence electrons. The predicted molar refractivity (Wildman–Crippen MR) is 103 cm³/mol. The van der Waals surface area contributed by atoms with E-state index in [1.165, 1.54) is 26.2 Å². The molecule has 2 amide bonds. The SMILES string of the molecule is COC(=O)c1ccccc1N1C(=O)C(Cl)=C(Nc2ccc(C(C)=O)cc2)C1=O. The van der Waals surface area contributed by atoms with Crippen molar-refractivity contribution in [3.8, 4) is 0 Å². The molecule has 2 aromatic carbocycles. The number of anilines is 2. The Labute approximate surface area is 165 Å². The molecule has 7 nitrogen and oxygen atoms in total. The molecule has 8 heteroatoms. The van der Waals surface area contributed by atoms with E-state index in [1.807, 2.05) is 0 Å². The summed E-state index contributed by atoms with van der Waals surface area (Å²) in [5, 5.41) is 2.50. The number of benzene rings is 2. The third-order valence-corrected chi connectivity index (χ3v) is 4.49. The molecule has 1 N–H and O–H groups in total. The first-order chi connectivity index (χ1) is 13.3. The zero-order chi connectivity index (χ0) is 20.4. The van der Waals surface area contributed by atoms with E-state index in [4.69, 9.17) is 16.3 Å². The highest BCUT2D eigenvalue weighted by Crippen LogP contribution is 2.32. The second-order valence-corrected chi connectivity index (χ2v) is 6.28. The van der Waals surface area contributed by atoms with Crippen LogP contribution in [0.4, 0.5) is 11.4 Å². The Bertz CT molecular complexity index is 1030. The van der Waals surface area contributed by atoms with Crippen LogP contribution in [0.1, 0.15) is 27.6 Å². The van der Waals surface area contributed by atoms with Gasteiger partial charge in [0.05, 0.1) is 18.4 Å². The van der Waals surface area contributed by atoms with Crippen molar-refractivity contribution >= 4 is 46.5 Å². The van der Waals surface area contributed by atoms with E-state index in [0.29, 0.717) is 11.3 Å². The molecular weight excluding hydrogens is 384 g/mol. The molecule has 3 rings (SSSR count). The standard InChI is InChI=1S/C20H15ClN2O5/c1-11(24)12-7-9-13(10-8-12)22-17-16(21)18(25)23(19(17)26)15-6-4-3-5-14(15)20(27)28-2/h3-10,22H,1-2H3. The van der Waals surface area contributed by atoms with Crippen LogP contribution in [0.2, 0.25) is 0 Å². The van der Waals surface area contributed by atoms with E-state index in [1.54, 1.807) is 36.4 Å². The number of nitrogens with zero attached hydrogens (tertiary/aromatic N) is 1. The van der Waals surface area contributed by atoms with Crippen molar-refractivity contribution in [3.05, 3.63) is 70.4 Å². The number of esters is 1. The Hall–Kier alpha value is -3.45. The maximum Gasteiger partial charge on any atom is 0.339 e. The minimum Gasteiger partial charge on any atom is -0.465 e. The normalized spacial score (nSPS) is 13.8. The van der Waals surface area contributed by atoms with E-state index < -0.39 is 17.8 Å². The Kier molecular flexibility index (Phi) is 5.28. The first kappa shape index (κ1) is 19.3. The highest BCUT2D eigenvalue weighted by molar-refractivity contribution is 6.53. The second-order valence-electron chi connectivity index (χ2n) is 5.90. The van der Waals surface area contributed by atoms with Gasteiger partial charge in [0.25, 0.3) is 11.8 Å². The number of imide groups is 1. The molecular formula is C20H15ClN2O5.